The number of carbonyl (C=O) groups excluding carboxylic acids is 2. The van der Waals surface area contributed by atoms with Gasteiger partial charge in [0.05, 0.1) is 0 Å². The van der Waals surface area contributed by atoms with Gasteiger partial charge in [-0.1, -0.05) is 19.3 Å². The highest BCUT2D eigenvalue weighted by Crippen LogP contribution is 2.23. The standard InChI is InChI=1S/C20H28N2O4/c1-22(17-7-3-2-4-8-17)20(26)15-11-13-16(14-12-15)21-18(23)9-5-6-10-19(24)25/h11-14,17H,2-10H2,1H3,(H,21,23)(H,24,25). The van der Waals surface area contributed by atoms with Crippen LogP contribution in [0.3, 0.4) is 0 Å². The summed E-state index contributed by atoms with van der Waals surface area (Å²) in [6.07, 6.45) is 7.15. The summed E-state index contributed by atoms with van der Waals surface area (Å²) in [6.45, 7) is 0. The number of hydrogen-bond acceptors (Lipinski definition) is 3. The van der Waals surface area contributed by atoms with Gasteiger partial charge in [-0.3, -0.25) is 14.4 Å². The minimum atomic E-state index is -0.844. The Bertz CT molecular complexity index is 621. The number of hydrogen-bond donors (Lipinski definition) is 2. The van der Waals surface area contributed by atoms with Crippen molar-refractivity contribution in [2.24, 2.45) is 0 Å². The largest absolute Gasteiger partial charge is 0.481 e. The van der Waals surface area contributed by atoms with Crippen molar-refractivity contribution in [3.63, 3.8) is 0 Å². The van der Waals surface area contributed by atoms with E-state index >= 15 is 0 Å². The molecule has 1 aromatic rings. The molecule has 0 aliphatic heterocycles. The van der Waals surface area contributed by atoms with Crippen LogP contribution in [0.5, 0.6) is 0 Å². The second-order valence-electron chi connectivity index (χ2n) is 6.93. The number of amides is 2. The maximum absolute atomic E-state index is 12.6. The van der Waals surface area contributed by atoms with Gasteiger partial charge in [0.1, 0.15) is 0 Å². The summed E-state index contributed by atoms with van der Waals surface area (Å²) in [5.41, 5.74) is 1.27. The van der Waals surface area contributed by atoms with Crippen LogP contribution in [0, 0.1) is 0 Å². The van der Waals surface area contributed by atoms with Crippen LogP contribution in [-0.2, 0) is 9.59 Å². The summed E-state index contributed by atoms with van der Waals surface area (Å²) < 4.78 is 0. The van der Waals surface area contributed by atoms with Crippen LogP contribution in [0.4, 0.5) is 5.69 Å². The summed E-state index contributed by atoms with van der Waals surface area (Å²) in [7, 11) is 1.87. The Kier molecular flexibility index (Phi) is 7.63. The van der Waals surface area contributed by atoms with Gasteiger partial charge in [0.2, 0.25) is 5.91 Å². The van der Waals surface area contributed by atoms with Gasteiger partial charge in [0.15, 0.2) is 0 Å². The number of benzene rings is 1. The number of aliphatic carboxylic acids is 1. The molecule has 1 aromatic carbocycles. The van der Waals surface area contributed by atoms with E-state index in [0.29, 0.717) is 36.6 Å². The molecule has 1 aliphatic rings. The molecule has 0 aromatic heterocycles. The van der Waals surface area contributed by atoms with Gasteiger partial charge in [-0.2, -0.15) is 0 Å². The molecule has 142 valence electrons. The van der Waals surface area contributed by atoms with E-state index in [1.165, 1.54) is 19.3 Å². The molecule has 26 heavy (non-hydrogen) atoms. The Labute approximate surface area is 154 Å². The van der Waals surface area contributed by atoms with Crippen molar-refractivity contribution in [1.29, 1.82) is 0 Å². The Morgan fingerprint density at radius 1 is 1.04 bits per heavy atom. The van der Waals surface area contributed by atoms with Crippen molar-refractivity contribution >= 4 is 23.5 Å². The maximum Gasteiger partial charge on any atom is 0.303 e. The van der Waals surface area contributed by atoms with E-state index in [2.05, 4.69) is 5.32 Å². The van der Waals surface area contributed by atoms with Gasteiger partial charge in [-0.25, -0.2) is 0 Å². The van der Waals surface area contributed by atoms with E-state index in [1.54, 1.807) is 24.3 Å². The van der Waals surface area contributed by atoms with Gasteiger partial charge in [0, 0.05) is 37.2 Å². The van der Waals surface area contributed by atoms with Crippen LogP contribution >= 0.6 is 0 Å². The average molecular weight is 360 g/mol. The van der Waals surface area contributed by atoms with E-state index in [0.717, 1.165) is 12.8 Å². The molecule has 2 amide bonds. The van der Waals surface area contributed by atoms with Gasteiger partial charge < -0.3 is 15.3 Å². The number of carbonyl (C=O) groups is 3. The molecular formula is C20H28N2O4. The SMILES string of the molecule is CN(C(=O)c1ccc(NC(=O)CCCCC(=O)O)cc1)C1CCCCC1. The fourth-order valence-electron chi connectivity index (χ4n) is 3.32. The zero-order valence-corrected chi connectivity index (χ0v) is 15.4. The van der Waals surface area contributed by atoms with Crippen molar-refractivity contribution in [2.45, 2.75) is 63.8 Å². The normalized spacial score (nSPS) is 14.7. The number of unbranched alkanes of at least 4 members (excludes halogenated alkanes) is 1. The Morgan fingerprint density at radius 3 is 2.27 bits per heavy atom. The number of carboxylic acids is 1. The lowest BCUT2D eigenvalue weighted by molar-refractivity contribution is -0.137. The summed E-state index contributed by atoms with van der Waals surface area (Å²) in [4.78, 5) is 36.7. The molecule has 0 bridgehead atoms. The molecule has 1 saturated carbocycles. The van der Waals surface area contributed by atoms with E-state index < -0.39 is 5.97 Å². The van der Waals surface area contributed by atoms with Crippen LogP contribution < -0.4 is 5.32 Å². The van der Waals surface area contributed by atoms with Crippen molar-refractivity contribution < 1.29 is 19.5 Å². The van der Waals surface area contributed by atoms with Crippen LogP contribution in [0.25, 0.3) is 0 Å². The average Bonchev–Trinajstić information content (AvgIpc) is 2.65. The summed E-state index contributed by atoms with van der Waals surface area (Å²) in [5.74, 6) is -0.971. The second-order valence-corrected chi connectivity index (χ2v) is 6.93. The molecule has 6 heteroatoms. The first kappa shape index (κ1) is 19.9. The fraction of sp³-hybridized carbons (Fsp3) is 0.550. The zero-order chi connectivity index (χ0) is 18.9. The van der Waals surface area contributed by atoms with E-state index in [4.69, 9.17) is 5.11 Å². The lowest BCUT2D eigenvalue weighted by atomic mass is 9.94. The van der Waals surface area contributed by atoms with Crippen LogP contribution in [0.1, 0.15) is 68.1 Å². The van der Waals surface area contributed by atoms with Gasteiger partial charge in [-0.05, 0) is 49.9 Å². The summed E-state index contributed by atoms with van der Waals surface area (Å²) in [6, 6.07) is 7.26. The number of nitrogens with zero attached hydrogens (tertiary/aromatic N) is 1. The molecule has 0 atom stereocenters. The molecule has 0 unspecified atom stereocenters. The molecule has 0 heterocycles. The van der Waals surface area contributed by atoms with Crippen molar-refractivity contribution in [2.75, 3.05) is 12.4 Å². The highest BCUT2D eigenvalue weighted by molar-refractivity contribution is 5.95. The van der Waals surface area contributed by atoms with E-state index in [9.17, 15) is 14.4 Å². The third-order valence-electron chi connectivity index (χ3n) is 4.90. The lowest BCUT2D eigenvalue weighted by Crippen LogP contribution is -2.38. The Balaban J connectivity index is 1.82. The highest BCUT2D eigenvalue weighted by Gasteiger charge is 2.22. The van der Waals surface area contributed by atoms with Gasteiger partial charge >= 0.3 is 5.97 Å². The fourth-order valence-corrected chi connectivity index (χ4v) is 3.32. The Hall–Kier alpha value is -2.37. The van der Waals surface area contributed by atoms with Crippen LogP contribution in [0.2, 0.25) is 0 Å². The van der Waals surface area contributed by atoms with Crippen molar-refractivity contribution in [1.82, 2.24) is 4.90 Å². The third kappa shape index (κ3) is 6.17. The Morgan fingerprint density at radius 2 is 1.65 bits per heavy atom. The minimum Gasteiger partial charge on any atom is -0.481 e. The smallest absolute Gasteiger partial charge is 0.303 e. The topological polar surface area (TPSA) is 86.7 Å². The van der Waals surface area contributed by atoms with E-state index in [-0.39, 0.29) is 18.2 Å². The van der Waals surface area contributed by atoms with Crippen molar-refractivity contribution in [3.05, 3.63) is 29.8 Å². The van der Waals surface area contributed by atoms with Gasteiger partial charge in [0.25, 0.3) is 5.91 Å². The molecular weight excluding hydrogens is 332 g/mol. The summed E-state index contributed by atoms with van der Waals surface area (Å²) in [5, 5.41) is 11.4. The number of nitrogens with one attached hydrogen (secondary N) is 1. The van der Waals surface area contributed by atoms with Crippen LogP contribution in [-0.4, -0.2) is 40.9 Å². The maximum atomic E-state index is 12.6. The lowest BCUT2D eigenvalue weighted by Gasteiger charge is -2.31. The molecule has 2 rings (SSSR count). The monoisotopic (exact) mass is 360 g/mol. The number of rotatable bonds is 8. The van der Waals surface area contributed by atoms with Crippen molar-refractivity contribution in [3.8, 4) is 0 Å². The second kappa shape index (κ2) is 9.94. The predicted molar refractivity (Wildman–Crippen MR) is 100 cm³/mol. The molecule has 1 aliphatic carbocycles. The first-order valence-electron chi connectivity index (χ1n) is 9.36. The zero-order valence-electron chi connectivity index (χ0n) is 15.4. The third-order valence-corrected chi connectivity index (χ3v) is 4.90. The van der Waals surface area contributed by atoms with Gasteiger partial charge in [-0.15, -0.1) is 0 Å². The quantitative estimate of drug-likeness (QED) is 0.693. The van der Waals surface area contributed by atoms with E-state index in [1.807, 2.05) is 11.9 Å². The molecule has 0 saturated heterocycles. The molecule has 0 spiro atoms. The first-order chi connectivity index (χ1) is 12.5. The molecule has 1 fully saturated rings. The number of carboxylic acid groups (broad SMARTS) is 1. The van der Waals surface area contributed by atoms with Crippen LogP contribution in [0.15, 0.2) is 24.3 Å². The molecule has 0 radical (unpaired) electrons. The predicted octanol–water partition coefficient (Wildman–Crippen LogP) is 3.67. The summed E-state index contributed by atoms with van der Waals surface area (Å²) >= 11 is 0. The minimum absolute atomic E-state index is 0.0171. The number of anilines is 1. The molecule has 6 nitrogen and oxygen atoms in total. The first-order valence-corrected chi connectivity index (χ1v) is 9.36. The molecule has 2 N–H and O–H groups in total. The highest BCUT2D eigenvalue weighted by atomic mass is 16.4.